The fraction of sp³-hybridized carbons (Fsp3) is 0.833. The van der Waals surface area contributed by atoms with Crippen molar-refractivity contribution in [1.29, 1.82) is 0 Å². The monoisotopic (exact) mass is 229 g/mol. The SMILES string of the molecule is CCOC(=O)CN(CC)C(=O)CC(C)CC. The topological polar surface area (TPSA) is 46.6 Å². The minimum absolute atomic E-state index is 0.0323. The average Bonchev–Trinajstić information content (AvgIpc) is 2.25. The van der Waals surface area contributed by atoms with E-state index in [0.29, 0.717) is 25.5 Å². The van der Waals surface area contributed by atoms with E-state index < -0.39 is 0 Å². The first-order chi connectivity index (χ1) is 7.54. The fourth-order valence-electron chi connectivity index (χ4n) is 1.31. The van der Waals surface area contributed by atoms with Crippen LogP contribution in [0.4, 0.5) is 0 Å². The summed E-state index contributed by atoms with van der Waals surface area (Å²) in [5.74, 6) is 0.0653. The summed E-state index contributed by atoms with van der Waals surface area (Å²) in [6.45, 7) is 8.70. The van der Waals surface area contributed by atoms with Crippen LogP contribution in [0.5, 0.6) is 0 Å². The van der Waals surface area contributed by atoms with Crippen molar-refractivity contribution in [1.82, 2.24) is 4.90 Å². The number of esters is 1. The molecule has 0 heterocycles. The van der Waals surface area contributed by atoms with E-state index in [4.69, 9.17) is 4.74 Å². The Balaban J connectivity index is 4.16. The molecule has 0 aliphatic carbocycles. The first-order valence-electron chi connectivity index (χ1n) is 5.98. The third kappa shape index (κ3) is 5.73. The lowest BCUT2D eigenvalue weighted by atomic mass is 10.0. The van der Waals surface area contributed by atoms with Crippen molar-refractivity contribution in [3.8, 4) is 0 Å². The van der Waals surface area contributed by atoms with Crippen LogP contribution in [-0.2, 0) is 14.3 Å². The molecule has 0 aliphatic rings. The molecule has 0 saturated heterocycles. The van der Waals surface area contributed by atoms with Gasteiger partial charge in [0.15, 0.2) is 0 Å². The van der Waals surface area contributed by atoms with Gasteiger partial charge in [-0.15, -0.1) is 0 Å². The van der Waals surface area contributed by atoms with E-state index in [1.165, 1.54) is 0 Å². The van der Waals surface area contributed by atoms with Gasteiger partial charge in [0.25, 0.3) is 0 Å². The van der Waals surface area contributed by atoms with Gasteiger partial charge >= 0.3 is 5.97 Å². The molecule has 0 N–H and O–H groups in total. The van der Waals surface area contributed by atoms with E-state index in [0.717, 1.165) is 6.42 Å². The van der Waals surface area contributed by atoms with E-state index >= 15 is 0 Å². The van der Waals surface area contributed by atoms with Crippen LogP contribution >= 0.6 is 0 Å². The third-order valence-corrected chi connectivity index (χ3v) is 2.58. The van der Waals surface area contributed by atoms with Crippen molar-refractivity contribution in [2.24, 2.45) is 5.92 Å². The van der Waals surface area contributed by atoms with Crippen LogP contribution in [0, 0.1) is 5.92 Å². The van der Waals surface area contributed by atoms with Gasteiger partial charge in [0.05, 0.1) is 6.61 Å². The van der Waals surface area contributed by atoms with Gasteiger partial charge in [-0.05, 0) is 19.8 Å². The average molecular weight is 229 g/mol. The van der Waals surface area contributed by atoms with E-state index in [2.05, 4.69) is 6.92 Å². The summed E-state index contributed by atoms with van der Waals surface area (Å²) >= 11 is 0. The van der Waals surface area contributed by atoms with Gasteiger partial charge in [0.2, 0.25) is 5.91 Å². The molecule has 0 aliphatic heterocycles. The predicted molar refractivity (Wildman–Crippen MR) is 63.0 cm³/mol. The molecule has 0 saturated carbocycles. The molecule has 0 aromatic rings. The lowest BCUT2D eigenvalue weighted by Crippen LogP contribution is -2.37. The normalized spacial score (nSPS) is 12.0. The van der Waals surface area contributed by atoms with Crippen molar-refractivity contribution in [2.75, 3.05) is 19.7 Å². The zero-order chi connectivity index (χ0) is 12.6. The number of likely N-dealkylation sites (N-methyl/N-ethyl adjacent to an activating group) is 1. The van der Waals surface area contributed by atoms with E-state index in [9.17, 15) is 9.59 Å². The molecule has 0 spiro atoms. The summed E-state index contributed by atoms with van der Waals surface area (Å²) < 4.78 is 4.82. The largest absolute Gasteiger partial charge is 0.465 e. The smallest absolute Gasteiger partial charge is 0.325 e. The number of nitrogens with zero attached hydrogens (tertiary/aromatic N) is 1. The zero-order valence-electron chi connectivity index (χ0n) is 10.8. The Labute approximate surface area is 98.0 Å². The minimum Gasteiger partial charge on any atom is -0.465 e. The van der Waals surface area contributed by atoms with Crippen LogP contribution in [-0.4, -0.2) is 36.5 Å². The molecule has 0 aromatic heterocycles. The minimum atomic E-state index is -0.332. The summed E-state index contributed by atoms with van der Waals surface area (Å²) in [6.07, 6.45) is 1.48. The Morgan fingerprint density at radius 1 is 1.25 bits per heavy atom. The van der Waals surface area contributed by atoms with Crippen molar-refractivity contribution < 1.29 is 14.3 Å². The summed E-state index contributed by atoms with van der Waals surface area (Å²) in [5.41, 5.74) is 0. The molecule has 0 fully saturated rings. The molecule has 4 heteroatoms. The number of ether oxygens (including phenoxy) is 1. The quantitative estimate of drug-likeness (QED) is 0.626. The summed E-state index contributed by atoms with van der Waals surface area (Å²) in [7, 11) is 0. The van der Waals surface area contributed by atoms with Crippen molar-refractivity contribution in [3.05, 3.63) is 0 Å². The summed E-state index contributed by atoms with van der Waals surface area (Å²) in [6, 6.07) is 0. The Hall–Kier alpha value is -1.06. The van der Waals surface area contributed by atoms with Crippen LogP contribution in [0.15, 0.2) is 0 Å². The molecular formula is C12H23NO3. The second-order valence-corrected chi connectivity index (χ2v) is 3.93. The number of carbonyl (C=O) groups is 2. The van der Waals surface area contributed by atoms with Crippen LogP contribution in [0.2, 0.25) is 0 Å². The van der Waals surface area contributed by atoms with Crippen molar-refractivity contribution >= 4 is 11.9 Å². The molecule has 4 nitrogen and oxygen atoms in total. The molecule has 0 rings (SSSR count). The molecule has 1 amide bonds. The molecule has 1 atom stereocenters. The highest BCUT2D eigenvalue weighted by Crippen LogP contribution is 2.09. The lowest BCUT2D eigenvalue weighted by Gasteiger charge is -2.21. The number of carbonyl (C=O) groups excluding carboxylic acids is 2. The zero-order valence-corrected chi connectivity index (χ0v) is 10.8. The van der Waals surface area contributed by atoms with Gasteiger partial charge in [-0.2, -0.15) is 0 Å². The molecule has 94 valence electrons. The maximum atomic E-state index is 11.8. The Kier molecular flexibility index (Phi) is 7.60. The fourth-order valence-corrected chi connectivity index (χ4v) is 1.31. The van der Waals surface area contributed by atoms with Gasteiger partial charge in [0.1, 0.15) is 6.54 Å². The van der Waals surface area contributed by atoms with Crippen LogP contribution < -0.4 is 0 Å². The number of rotatable bonds is 7. The van der Waals surface area contributed by atoms with Gasteiger partial charge in [-0.25, -0.2) is 0 Å². The maximum Gasteiger partial charge on any atom is 0.325 e. The molecule has 1 unspecified atom stereocenters. The molecular weight excluding hydrogens is 206 g/mol. The van der Waals surface area contributed by atoms with Crippen LogP contribution in [0.3, 0.4) is 0 Å². The second-order valence-electron chi connectivity index (χ2n) is 3.93. The number of hydrogen-bond acceptors (Lipinski definition) is 3. The Bertz CT molecular complexity index is 228. The summed E-state index contributed by atoms with van der Waals surface area (Å²) in [5, 5.41) is 0. The van der Waals surface area contributed by atoms with E-state index in [1.54, 1.807) is 11.8 Å². The number of hydrogen-bond donors (Lipinski definition) is 0. The highest BCUT2D eigenvalue weighted by Gasteiger charge is 2.17. The van der Waals surface area contributed by atoms with Crippen LogP contribution in [0.25, 0.3) is 0 Å². The highest BCUT2D eigenvalue weighted by atomic mass is 16.5. The standard InChI is InChI=1S/C12H23NO3/c1-5-10(4)8-11(14)13(6-2)9-12(15)16-7-3/h10H,5-9H2,1-4H3. The lowest BCUT2D eigenvalue weighted by molar-refractivity contribution is -0.149. The van der Waals surface area contributed by atoms with Crippen molar-refractivity contribution in [2.45, 2.75) is 40.5 Å². The predicted octanol–water partition coefficient (Wildman–Crippen LogP) is 1.83. The maximum absolute atomic E-state index is 11.8. The van der Waals surface area contributed by atoms with Crippen LogP contribution in [0.1, 0.15) is 40.5 Å². The molecule has 0 aromatic carbocycles. The van der Waals surface area contributed by atoms with Crippen molar-refractivity contribution in [3.63, 3.8) is 0 Å². The van der Waals surface area contributed by atoms with E-state index in [1.807, 2.05) is 13.8 Å². The molecule has 0 radical (unpaired) electrons. The highest BCUT2D eigenvalue weighted by molar-refractivity contribution is 5.82. The third-order valence-electron chi connectivity index (χ3n) is 2.58. The Morgan fingerprint density at radius 3 is 2.31 bits per heavy atom. The first kappa shape index (κ1) is 14.9. The molecule has 16 heavy (non-hydrogen) atoms. The first-order valence-corrected chi connectivity index (χ1v) is 5.98. The van der Waals surface area contributed by atoms with Gasteiger partial charge in [0, 0.05) is 13.0 Å². The van der Waals surface area contributed by atoms with E-state index in [-0.39, 0.29) is 18.4 Å². The van der Waals surface area contributed by atoms with Gasteiger partial charge in [-0.1, -0.05) is 20.3 Å². The molecule has 0 bridgehead atoms. The number of amides is 1. The Morgan fingerprint density at radius 2 is 1.88 bits per heavy atom. The van der Waals surface area contributed by atoms with Gasteiger partial charge in [-0.3, -0.25) is 9.59 Å². The second kappa shape index (κ2) is 8.13. The summed E-state index contributed by atoms with van der Waals surface area (Å²) in [4.78, 5) is 24.6. The van der Waals surface area contributed by atoms with Gasteiger partial charge < -0.3 is 9.64 Å².